The fraction of sp³-hybridized carbons (Fsp3) is 0.348. The molecule has 2 heterocycles. The summed E-state index contributed by atoms with van der Waals surface area (Å²) in [6.07, 6.45) is 0. The summed E-state index contributed by atoms with van der Waals surface area (Å²) in [5.74, 6) is 0.433. The first kappa shape index (κ1) is 19.5. The van der Waals surface area contributed by atoms with E-state index in [2.05, 4.69) is 34.3 Å². The molecule has 6 heteroatoms. The lowest BCUT2D eigenvalue weighted by Gasteiger charge is -2.32. The van der Waals surface area contributed by atoms with Gasteiger partial charge in [0.05, 0.1) is 23.8 Å². The normalized spacial score (nSPS) is 20.3. The summed E-state index contributed by atoms with van der Waals surface area (Å²) in [6.45, 7) is 6.16. The number of nitrogens with zero attached hydrogens (tertiary/aromatic N) is 4. The van der Waals surface area contributed by atoms with Crippen molar-refractivity contribution in [3.63, 3.8) is 0 Å². The van der Waals surface area contributed by atoms with Crippen molar-refractivity contribution >= 4 is 28.8 Å². The number of nitrogens with one attached hydrogen (secondary N) is 1. The number of benzene rings is 2. The second-order valence-electron chi connectivity index (χ2n) is 7.71. The van der Waals surface area contributed by atoms with E-state index in [0.29, 0.717) is 12.4 Å². The number of amides is 1. The predicted molar refractivity (Wildman–Crippen MR) is 118 cm³/mol. The van der Waals surface area contributed by atoms with E-state index < -0.39 is 0 Å². The van der Waals surface area contributed by atoms with Crippen molar-refractivity contribution in [1.82, 2.24) is 15.1 Å². The summed E-state index contributed by atoms with van der Waals surface area (Å²) >= 11 is 0. The molecule has 2 aromatic rings. The van der Waals surface area contributed by atoms with Crippen LogP contribution in [0.3, 0.4) is 0 Å². The molecule has 0 aliphatic carbocycles. The second-order valence-corrected chi connectivity index (χ2v) is 7.71. The average Bonchev–Trinajstić information content (AvgIpc) is 2.85. The Morgan fingerprint density at radius 3 is 2.28 bits per heavy atom. The van der Waals surface area contributed by atoms with Gasteiger partial charge in [-0.2, -0.15) is 0 Å². The van der Waals surface area contributed by atoms with Crippen LogP contribution in [0.25, 0.3) is 0 Å². The van der Waals surface area contributed by atoms with Gasteiger partial charge in [0.15, 0.2) is 0 Å². The van der Waals surface area contributed by atoms with E-state index in [-0.39, 0.29) is 11.8 Å². The van der Waals surface area contributed by atoms with Gasteiger partial charge in [-0.15, -0.1) is 0 Å². The van der Waals surface area contributed by atoms with Crippen molar-refractivity contribution < 1.29 is 4.79 Å². The van der Waals surface area contributed by atoms with Gasteiger partial charge in [-0.1, -0.05) is 42.5 Å². The molecule has 29 heavy (non-hydrogen) atoms. The van der Waals surface area contributed by atoms with Gasteiger partial charge in [0, 0.05) is 31.9 Å². The number of amidine groups is 1. The Kier molecular flexibility index (Phi) is 5.83. The highest BCUT2D eigenvalue weighted by atomic mass is 16.2. The Bertz CT molecular complexity index is 929. The van der Waals surface area contributed by atoms with Gasteiger partial charge in [0.25, 0.3) is 0 Å². The molecule has 0 spiro atoms. The van der Waals surface area contributed by atoms with Crippen LogP contribution in [0.15, 0.2) is 64.6 Å². The highest BCUT2D eigenvalue weighted by molar-refractivity contribution is 6.17. The molecule has 1 N–H and O–H groups in total. The number of carbonyl (C=O) groups excluding carboxylic acids is 1. The first-order chi connectivity index (χ1) is 14.1. The van der Waals surface area contributed by atoms with E-state index in [1.54, 1.807) is 0 Å². The van der Waals surface area contributed by atoms with Crippen molar-refractivity contribution in [3.05, 3.63) is 60.2 Å². The largest absolute Gasteiger partial charge is 0.312 e. The van der Waals surface area contributed by atoms with E-state index in [1.807, 2.05) is 49.4 Å². The molecular formula is C23H27N5O. The molecule has 6 nitrogen and oxygen atoms in total. The molecule has 150 valence electrons. The minimum Gasteiger partial charge on any atom is -0.312 e. The zero-order valence-electron chi connectivity index (χ0n) is 17.0. The number of aliphatic imine (C=N–C) groups is 2. The van der Waals surface area contributed by atoms with Gasteiger partial charge in [-0.3, -0.25) is 14.7 Å². The predicted octanol–water partition coefficient (Wildman–Crippen LogP) is 2.97. The van der Waals surface area contributed by atoms with Crippen LogP contribution in [0, 0.1) is 0 Å². The molecule has 2 aromatic carbocycles. The molecule has 2 aliphatic rings. The van der Waals surface area contributed by atoms with Crippen molar-refractivity contribution in [1.29, 1.82) is 0 Å². The summed E-state index contributed by atoms with van der Waals surface area (Å²) in [7, 11) is 2.11. The number of para-hydroxylation sites is 2. The maximum atomic E-state index is 12.9. The second kappa shape index (κ2) is 8.68. The molecule has 4 rings (SSSR count). The molecule has 1 amide bonds. The number of piperazine rings is 1. The van der Waals surface area contributed by atoms with Gasteiger partial charge < -0.3 is 10.2 Å². The summed E-state index contributed by atoms with van der Waals surface area (Å²) in [5, 5.41) is 3.11. The third-order valence-electron chi connectivity index (χ3n) is 5.47. The quantitative estimate of drug-likeness (QED) is 0.878. The SMILES string of the molecule is CC1=Nc2ccccc2N=C(NC(=O)CN2CCN(C)CC2)C1c1ccccc1. The van der Waals surface area contributed by atoms with Gasteiger partial charge in [0.2, 0.25) is 5.91 Å². The fourth-order valence-electron chi connectivity index (χ4n) is 3.84. The standard InChI is InChI=1S/C23H27N5O/c1-17-22(18-8-4-3-5-9-18)23(25-20-11-7-6-10-19(20)24-17)26-21(29)16-28-14-12-27(2)13-15-28/h3-11,22H,12-16H2,1-2H3,(H,25,26,29). The molecule has 1 atom stereocenters. The van der Waals surface area contributed by atoms with E-state index in [0.717, 1.165) is 48.8 Å². The highest BCUT2D eigenvalue weighted by Gasteiger charge is 2.27. The van der Waals surface area contributed by atoms with E-state index >= 15 is 0 Å². The minimum atomic E-state index is -0.181. The molecule has 0 aromatic heterocycles. The van der Waals surface area contributed by atoms with Crippen LogP contribution in [0.4, 0.5) is 11.4 Å². The van der Waals surface area contributed by atoms with Crippen LogP contribution >= 0.6 is 0 Å². The van der Waals surface area contributed by atoms with Crippen molar-refractivity contribution in [2.75, 3.05) is 39.8 Å². The molecule has 0 saturated carbocycles. The zero-order chi connectivity index (χ0) is 20.2. The Hall–Kier alpha value is -2.83. The van der Waals surface area contributed by atoms with Crippen LogP contribution in [-0.2, 0) is 4.79 Å². The number of fused-ring (bicyclic) bond motifs is 1. The van der Waals surface area contributed by atoms with E-state index in [4.69, 9.17) is 9.98 Å². The Morgan fingerprint density at radius 2 is 1.59 bits per heavy atom. The third-order valence-corrected chi connectivity index (χ3v) is 5.47. The zero-order valence-corrected chi connectivity index (χ0v) is 17.0. The monoisotopic (exact) mass is 389 g/mol. The van der Waals surface area contributed by atoms with Crippen LogP contribution in [-0.4, -0.2) is 67.0 Å². The first-order valence-electron chi connectivity index (χ1n) is 10.1. The maximum Gasteiger partial charge on any atom is 0.239 e. The lowest BCUT2D eigenvalue weighted by molar-refractivity contribution is -0.121. The fourth-order valence-corrected chi connectivity index (χ4v) is 3.84. The van der Waals surface area contributed by atoms with Crippen LogP contribution in [0.5, 0.6) is 0 Å². The van der Waals surface area contributed by atoms with E-state index in [9.17, 15) is 4.79 Å². The van der Waals surface area contributed by atoms with Crippen LogP contribution in [0.2, 0.25) is 0 Å². The lowest BCUT2D eigenvalue weighted by atomic mass is 9.93. The number of carbonyl (C=O) groups is 1. The number of hydrogen-bond donors (Lipinski definition) is 1. The van der Waals surface area contributed by atoms with E-state index in [1.165, 1.54) is 0 Å². The smallest absolute Gasteiger partial charge is 0.239 e. The third kappa shape index (κ3) is 4.60. The molecular weight excluding hydrogens is 362 g/mol. The van der Waals surface area contributed by atoms with Crippen LogP contribution in [0.1, 0.15) is 18.4 Å². The number of rotatable bonds is 3. The molecule has 1 unspecified atom stereocenters. The Balaban J connectivity index is 1.61. The van der Waals surface area contributed by atoms with Gasteiger partial charge in [-0.05, 0) is 31.7 Å². The van der Waals surface area contributed by atoms with Crippen molar-refractivity contribution in [3.8, 4) is 0 Å². The topological polar surface area (TPSA) is 60.3 Å². The number of hydrogen-bond acceptors (Lipinski definition) is 5. The molecule has 0 bridgehead atoms. The average molecular weight is 390 g/mol. The summed E-state index contributed by atoms with van der Waals surface area (Å²) in [5.41, 5.74) is 3.59. The summed E-state index contributed by atoms with van der Waals surface area (Å²) in [4.78, 5) is 27.0. The molecule has 0 radical (unpaired) electrons. The Labute approximate surface area is 172 Å². The summed E-state index contributed by atoms with van der Waals surface area (Å²) in [6, 6.07) is 17.9. The van der Waals surface area contributed by atoms with Crippen LogP contribution < -0.4 is 5.32 Å². The maximum absolute atomic E-state index is 12.9. The van der Waals surface area contributed by atoms with Crippen molar-refractivity contribution in [2.24, 2.45) is 9.98 Å². The lowest BCUT2D eigenvalue weighted by Crippen LogP contribution is -2.49. The molecule has 2 aliphatic heterocycles. The summed E-state index contributed by atoms with van der Waals surface area (Å²) < 4.78 is 0. The number of likely N-dealkylation sites (N-methyl/N-ethyl adjacent to an activating group) is 1. The van der Waals surface area contributed by atoms with Gasteiger partial charge in [0.1, 0.15) is 5.84 Å². The molecule has 1 fully saturated rings. The minimum absolute atomic E-state index is 0.0265. The first-order valence-corrected chi connectivity index (χ1v) is 10.1. The van der Waals surface area contributed by atoms with Gasteiger partial charge >= 0.3 is 0 Å². The van der Waals surface area contributed by atoms with Gasteiger partial charge in [-0.25, -0.2) is 4.99 Å². The molecule has 1 saturated heterocycles. The highest BCUT2D eigenvalue weighted by Crippen LogP contribution is 2.34. The Morgan fingerprint density at radius 1 is 0.966 bits per heavy atom. The van der Waals surface area contributed by atoms with Crippen molar-refractivity contribution in [2.45, 2.75) is 12.8 Å².